The van der Waals surface area contributed by atoms with Crippen LogP contribution in [0.4, 0.5) is 34.1 Å². The molecule has 2 heteroatoms. The fraction of sp³-hybridized carbons (Fsp3) is 0.0870. The van der Waals surface area contributed by atoms with E-state index in [2.05, 4.69) is 379 Å². The number of nitrogens with zero attached hydrogens (tertiary/aromatic N) is 2. The number of anilines is 6. The van der Waals surface area contributed by atoms with Crippen LogP contribution in [0.2, 0.25) is 0 Å². The molecule has 2 aliphatic carbocycles. The van der Waals surface area contributed by atoms with Crippen LogP contribution in [0.1, 0.15) is 61.1 Å². The molecule has 0 bridgehead atoms. The van der Waals surface area contributed by atoms with E-state index in [4.69, 9.17) is 0 Å². The summed E-state index contributed by atoms with van der Waals surface area (Å²) in [7, 11) is 0. The van der Waals surface area contributed by atoms with Gasteiger partial charge in [0, 0.05) is 44.7 Å². The van der Waals surface area contributed by atoms with Crippen LogP contribution < -0.4 is 9.80 Å². The predicted molar refractivity (Wildman–Crippen MR) is 398 cm³/mol. The Kier molecular flexibility index (Phi) is 14.4. The predicted octanol–water partition coefficient (Wildman–Crippen LogP) is 25.5. The topological polar surface area (TPSA) is 6.48 Å². The van der Waals surface area contributed by atoms with Crippen molar-refractivity contribution in [1.82, 2.24) is 0 Å². The van der Waals surface area contributed by atoms with Gasteiger partial charge in [-0.25, -0.2) is 0 Å². The van der Waals surface area contributed by atoms with Crippen molar-refractivity contribution in [2.45, 2.75) is 52.4 Å². The fourth-order valence-electron chi connectivity index (χ4n) is 15.1. The zero-order chi connectivity index (χ0) is 63.7. The molecule has 2 aliphatic rings. The Labute approximate surface area is 554 Å². The molecule has 16 rings (SSSR count). The van der Waals surface area contributed by atoms with Gasteiger partial charge in [0.2, 0.25) is 0 Å². The average molecular weight is 1210 g/mol. The van der Waals surface area contributed by atoms with Crippen LogP contribution in [0.25, 0.3) is 100 Å². The van der Waals surface area contributed by atoms with Gasteiger partial charge in [-0.15, -0.1) is 0 Å². The van der Waals surface area contributed by atoms with E-state index in [-0.39, 0.29) is 10.8 Å². The Hall–Kier alpha value is -11.3. The normalized spacial score (nSPS) is 13.0. The highest BCUT2D eigenvalue weighted by Crippen LogP contribution is 2.53. The molecule has 0 radical (unpaired) electrons. The summed E-state index contributed by atoms with van der Waals surface area (Å²) in [5.41, 5.74) is 36.3. The number of fused-ring (bicyclic) bond motifs is 6. The zero-order valence-electron chi connectivity index (χ0n) is 54.1. The molecular formula is C92H72N2. The molecule has 0 atom stereocenters. The van der Waals surface area contributed by atoms with E-state index in [1.807, 2.05) is 0 Å². The first-order valence-corrected chi connectivity index (χ1v) is 33.0. The standard InChI is InChI=1S/C92H72N2/c1-61-57-71(47-55-87(61)93(89-31-19-15-25-77(89)69-37-33-65(34-38-69)63-21-9-7-10-22-63)75-49-41-67(42-50-75)73-45-53-81-79-27-13-17-29-83(79)91(3,4)85(81)59-73)72-48-56-88(62(2)58-72)94(90-32-20-16-26-78(90)70-39-35-66(36-40-70)64-23-11-8-12-24-64)76-51-43-68(44-52-76)74-46-54-82-80-28-14-18-30-84(80)92(5,6)86(82)60-74/h7-60H,1-6H3. The average Bonchev–Trinajstić information content (AvgIpc) is 1.56. The third-order valence-electron chi connectivity index (χ3n) is 20.2. The van der Waals surface area contributed by atoms with E-state index in [9.17, 15) is 0 Å². The summed E-state index contributed by atoms with van der Waals surface area (Å²) in [6, 6.07) is 121. The van der Waals surface area contributed by atoms with Crippen LogP contribution in [0.15, 0.2) is 328 Å². The minimum Gasteiger partial charge on any atom is -0.310 e. The van der Waals surface area contributed by atoms with Gasteiger partial charge in [0.25, 0.3) is 0 Å². The molecule has 0 spiro atoms. The van der Waals surface area contributed by atoms with Gasteiger partial charge in [-0.1, -0.05) is 282 Å². The lowest BCUT2D eigenvalue weighted by Crippen LogP contribution is -2.14. The number of hydrogen-bond donors (Lipinski definition) is 0. The monoisotopic (exact) mass is 1200 g/mol. The Morgan fingerprint density at radius 2 is 0.457 bits per heavy atom. The summed E-state index contributed by atoms with van der Waals surface area (Å²) in [5, 5.41) is 0. The van der Waals surface area contributed by atoms with Crippen molar-refractivity contribution in [2.24, 2.45) is 0 Å². The first kappa shape index (κ1) is 57.8. The summed E-state index contributed by atoms with van der Waals surface area (Å²) in [6.45, 7) is 14.0. The van der Waals surface area contributed by atoms with Gasteiger partial charge in [0.15, 0.2) is 0 Å². The molecule has 0 aliphatic heterocycles. The maximum absolute atomic E-state index is 2.46. The Morgan fingerprint density at radius 1 is 0.191 bits per heavy atom. The minimum atomic E-state index is -0.0835. The Balaban J connectivity index is 0.767. The highest BCUT2D eigenvalue weighted by atomic mass is 15.2. The third kappa shape index (κ3) is 10.1. The maximum atomic E-state index is 2.46. The van der Waals surface area contributed by atoms with E-state index in [1.54, 1.807) is 0 Å². The number of rotatable bonds is 13. The van der Waals surface area contributed by atoms with E-state index in [0.29, 0.717) is 0 Å². The summed E-state index contributed by atoms with van der Waals surface area (Å²) >= 11 is 0. The molecule has 14 aromatic carbocycles. The molecule has 0 heterocycles. The fourth-order valence-corrected chi connectivity index (χ4v) is 15.1. The van der Waals surface area contributed by atoms with Crippen LogP contribution in [0, 0.1) is 13.8 Å². The number of hydrogen-bond acceptors (Lipinski definition) is 2. The SMILES string of the molecule is Cc1cc(-c2ccc(N(c3ccc(-c4ccc5c(c4)C(C)(C)c4ccccc4-5)cc3)c3ccccc3-c3ccc(-c4ccccc4)cc3)c(C)c2)ccc1N(c1ccc(-c2ccc3c(c2)C(C)(C)c2ccccc2-3)cc1)c1ccccc1-c1ccc(-c2ccccc2)cc1. The number of benzene rings is 14. The number of aryl methyl sites for hydroxylation is 2. The van der Waals surface area contributed by atoms with Gasteiger partial charge < -0.3 is 9.80 Å². The van der Waals surface area contributed by atoms with E-state index in [1.165, 1.54) is 100 Å². The van der Waals surface area contributed by atoms with Crippen molar-refractivity contribution in [3.8, 4) is 100 Å². The Bertz CT molecular complexity index is 4840. The lowest BCUT2D eigenvalue weighted by Gasteiger charge is -2.30. The Morgan fingerprint density at radius 3 is 0.840 bits per heavy atom. The first-order valence-electron chi connectivity index (χ1n) is 33.0. The second-order valence-corrected chi connectivity index (χ2v) is 26.6. The van der Waals surface area contributed by atoms with E-state index in [0.717, 1.165) is 67.5 Å². The van der Waals surface area contributed by atoms with Gasteiger partial charge in [0.1, 0.15) is 0 Å². The molecule has 0 saturated heterocycles. The van der Waals surface area contributed by atoms with Gasteiger partial charge in [-0.05, 0) is 209 Å². The number of para-hydroxylation sites is 2. The van der Waals surface area contributed by atoms with Crippen molar-refractivity contribution in [3.63, 3.8) is 0 Å². The summed E-state index contributed by atoms with van der Waals surface area (Å²) in [4.78, 5) is 4.92. The smallest absolute Gasteiger partial charge is 0.0540 e. The maximum Gasteiger partial charge on any atom is 0.0540 e. The molecule has 0 saturated carbocycles. The van der Waals surface area contributed by atoms with Gasteiger partial charge in [-0.3, -0.25) is 0 Å². The third-order valence-corrected chi connectivity index (χ3v) is 20.2. The summed E-state index contributed by atoms with van der Waals surface area (Å²) in [6.07, 6.45) is 0. The van der Waals surface area contributed by atoms with Crippen LogP contribution >= 0.6 is 0 Å². The van der Waals surface area contributed by atoms with E-state index >= 15 is 0 Å². The molecule has 0 fully saturated rings. The molecule has 0 aromatic heterocycles. The van der Waals surface area contributed by atoms with Gasteiger partial charge >= 0.3 is 0 Å². The summed E-state index contributed by atoms with van der Waals surface area (Å²) < 4.78 is 0. The lowest BCUT2D eigenvalue weighted by atomic mass is 9.81. The van der Waals surface area contributed by atoms with Crippen LogP contribution in [0.5, 0.6) is 0 Å². The van der Waals surface area contributed by atoms with Crippen molar-refractivity contribution < 1.29 is 0 Å². The molecular weight excluding hydrogens is 1130 g/mol. The van der Waals surface area contributed by atoms with Crippen LogP contribution in [-0.4, -0.2) is 0 Å². The van der Waals surface area contributed by atoms with Crippen molar-refractivity contribution in [2.75, 3.05) is 9.80 Å². The molecule has 0 N–H and O–H groups in total. The first-order chi connectivity index (χ1) is 45.9. The van der Waals surface area contributed by atoms with Crippen molar-refractivity contribution >= 4 is 34.1 Å². The van der Waals surface area contributed by atoms with Gasteiger partial charge in [-0.2, -0.15) is 0 Å². The second-order valence-electron chi connectivity index (χ2n) is 26.6. The van der Waals surface area contributed by atoms with Crippen LogP contribution in [0.3, 0.4) is 0 Å². The lowest BCUT2D eigenvalue weighted by molar-refractivity contribution is 0.660. The minimum absolute atomic E-state index is 0.0835. The van der Waals surface area contributed by atoms with Gasteiger partial charge in [0.05, 0.1) is 11.4 Å². The molecule has 2 nitrogen and oxygen atoms in total. The summed E-state index contributed by atoms with van der Waals surface area (Å²) in [5.74, 6) is 0. The molecule has 0 amide bonds. The second kappa shape index (κ2) is 23.4. The molecule has 450 valence electrons. The molecule has 94 heavy (non-hydrogen) atoms. The van der Waals surface area contributed by atoms with Crippen LogP contribution in [-0.2, 0) is 10.8 Å². The quantitative estimate of drug-likeness (QED) is 0.114. The van der Waals surface area contributed by atoms with Crippen molar-refractivity contribution in [1.29, 1.82) is 0 Å². The highest BCUT2D eigenvalue weighted by molar-refractivity contribution is 5.94. The largest absolute Gasteiger partial charge is 0.310 e. The highest BCUT2D eigenvalue weighted by Gasteiger charge is 2.37. The van der Waals surface area contributed by atoms with E-state index < -0.39 is 0 Å². The van der Waals surface area contributed by atoms with Crippen molar-refractivity contribution in [3.05, 3.63) is 361 Å². The molecule has 0 unspecified atom stereocenters. The molecule has 14 aromatic rings. The zero-order valence-corrected chi connectivity index (χ0v) is 54.1.